The summed E-state index contributed by atoms with van der Waals surface area (Å²) in [5, 5.41) is 0.810. The lowest BCUT2D eigenvalue weighted by Crippen LogP contribution is -2.10. The minimum absolute atomic E-state index is 0.127. The van der Waals surface area contributed by atoms with Gasteiger partial charge in [-0.1, -0.05) is 6.58 Å². The summed E-state index contributed by atoms with van der Waals surface area (Å²) >= 11 is 0. The van der Waals surface area contributed by atoms with Crippen LogP contribution in [-0.4, -0.2) is 19.2 Å². The van der Waals surface area contributed by atoms with Gasteiger partial charge in [-0.3, -0.25) is 0 Å². The number of hydrogen-bond donors (Lipinski definition) is 0. The van der Waals surface area contributed by atoms with E-state index in [9.17, 15) is 9.59 Å². The first-order chi connectivity index (χ1) is 9.19. The zero-order valence-corrected chi connectivity index (χ0v) is 10.1. The van der Waals surface area contributed by atoms with Gasteiger partial charge in [0.15, 0.2) is 0 Å². The molecule has 1 aromatic heterocycles. The fourth-order valence-electron chi connectivity index (χ4n) is 1.49. The molecule has 0 amide bonds. The SMILES string of the molecule is C=CC(=O)OCCOc1ccc2ccc(=O)oc2c1. The van der Waals surface area contributed by atoms with E-state index in [0.29, 0.717) is 11.3 Å². The van der Waals surface area contributed by atoms with Crippen molar-refractivity contribution < 1.29 is 18.7 Å². The first-order valence-electron chi connectivity index (χ1n) is 5.65. The number of rotatable bonds is 5. The summed E-state index contributed by atoms with van der Waals surface area (Å²) in [4.78, 5) is 21.9. The molecule has 0 saturated carbocycles. The van der Waals surface area contributed by atoms with E-state index in [0.717, 1.165) is 11.5 Å². The molecule has 0 radical (unpaired) electrons. The van der Waals surface area contributed by atoms with Crippen molar-refractivity contribution in [2.45, 2.75) is 0 Å². The molecule has 0 saturated heterocycles. The van der Waals surface area contributed by atoms with Crippen LogP contribution in [0.3, 0.4) is 0 Å². The Balaban J connectivity index is 1.99. The second-order valence-corrected chi connectivity index (χ2v) is 3.67. The molecule has 5 heteroatoms. The van der Waals surface area contributed by atoms with Crippen molar-refractivity contribution in [1.29, 1.82) is 0 Å². The van der Waals surface area contributed by atoms with Gasteiger partial charge in [0.05, 0.1) is 0 Å². The summed E-state index contributed by atoms with van der Waals surface area (Å²) in [6, 6.07) is 8.18. The summed E-state index contributed by atoms with van der Waals surface area (Å²) in [6.07, 6.45) is 1.09. The molecular formula is C14H12O5. The fraction of sp³-hybridized carbons (Fsp3) is 0.143. The van der Waals surface area contributed by atoms with Gasteiger partial charge >= 0.3 is 11.6 Å². The summed E-state index contributed by atoms with van der Waals surface area (Å²) < 4.78 is 15.2. The maximum atomic E-state index is 11.1. The third-order valence-corrected chi connectivity index (χ3v) is 2.36. The molecular weight excluding hydrogens is 248 g/mol. The molecule has 0 N–H and O–H groups in total. The molecule has 0 spiro atoms. The lowest BCUT2D eigenvalue weighted by Gasteiger charge is -2.06. The van der Waals surface area contributed by atoms with Gasteiger partial charge < -0.3 is 13.9 Å². The number of ether oxygens (including phenoxy) is 2. The van der Waals surface area contributed by atoms with Gasteiger partial charge in [-0.25, -0.2) is 9.59 Å². The Hall–Kier alpha value is -2.56. The van der Waals surface area contributed by atoms with Crippen molar-refractivity contribution in [2.75, 3.05) is 13.2 Å². The van der Waals surface area contributed by atoms with E-state index in [2.05, 4.69) is 6.58 Å². The van der Waals surface area contributed by atoms with E-state index in [4.69, 9.17) is 13.9 Å². The smallest absolute Gasteiger partial charge is 0.336 e. The predicted molar refractivity (Wildman–Crippen MR) is 69.1 cm³/mol. The lowest BCUT2D eigenvalue weighted by atomic mass is 10.2. The maximum absolute atomic E-state index is 11.1. The van der Waals surface area contributed by atoms with Crippen molar-refractivity contribution in [3.8, 4) is 5.75 Å². The normalized spacial score (nSPS) is 10.1. The van der Waals surface area contributed by atoms with Crippen LogP contribution < -0.4 is 10.4 Å². The zero-order valence-electron chi connectivity index (χ0n) is 10.1. The minimum Gasteiger partial charge on any atom is -0.490 e. The van der Waals surface area contributed by atoms with Crippen LogP contribution in [-0.2, 0) is 9.53 Å². The van der Waals surface area contributed by atoms with Gasteiger partial charge in [-0.05, 0) is 18.2 Å². The van der Waals surface area contributed by atoms with Crippen molar-refractivity contribution in [3.05, 3.63) is 53.4 Å². The highest BCUT2D eigenvalue weighted by molar-refractivity contribution is 5.81. The van der Waals surface area contributed by atoms with Gasteiger partial charge in [0.2, 0.25) is 0 Å². The van der Waals surface area contributed by atoms with Crippen LogP contribution in [0.1, 0.15) is 0 Å². The fourth-order valence-corrected chi connectivity index (χ4v) is 1.49. The van der Waals surface area contributed by atoms with Crippen LogP contribution >= 0.6 is 0 Å². The quantitative estimate of drug-likeness (QED) is 0.355. The molecule has 0 atom stereocenters. The molecule has 2 aromatic rings. The molecule has 0 aliphatic carbocycles. The second-order valence-electron chi connectivity index (χ2n) is 3.67. The van der Waals surface area contributed by atoms with Gasteiger partial charge in [0.25, 0.3) is 0 Å². The number of esters is 1. The van der Waals surface area contributed by atoms with Crippen LogP contribution in [0.5, 0.6) is 5.75 Å². The Kier molecular flexibility index (Phi) is 3.97. The molecule has 0 unspecified atom stereocenters. The van der Waals surface area contributed by atoms with Crippen molar-refractivity contribution in [2.24, 2.45) is 0 Å². The highest BCUT2D eigenvalue weighted by Crippen LogP contribution is 2.19. The standard InChI is InChI=1S/C14H12O5/c1-2-13(15)18-8-7-17-11-5-3-10-4-6-14(16)19-12(10)9-11/h2-6,9H,1,7-8H2. The number of benzene rings is 1. The van der Waals surface area contributed by atoms with E-state index < -0.39 is 11.6 Å². The number of carbonyl (C=O) groups excluding carboxylic acids is 1. The van der Waals surface area contributed by atoms with Crippen molar-refractivity contribution in [1.82, 2.24) is 0 Å². The van der Waals surface area contributed by atoms with E-state index in [1.807, 2.05) is 0 Å². The number of hydrogen-bond acceptors (Lipinski definition) is 5. The summed E-state index contributed by atoms with van der Waals surface area (Å²) in [7, 11) is 0. The third-order valence-electron chi connectivity index (χ3n) is 2.36. The molecule has 0 aliphatic rings. The average Bonchev–Trinajstić information content (AvgIpc) is 2.42. The van der Waals surface area contributed by atoms with Gasteiger partial charge in [-0.15, -0.1) is 0 Å². The molecule has 1 heterocycles. The molecule has 98 valence electrons. The molecule has 1 aromatic carbocycles. The highest BCUT2D eigenvalue weighted by Gasteiger charge is 2.01. The number of carbonyl (C=O) groups is 1. The van der Waals surface area contributed by atoms with Gasteiger partial charge in [0.1, 0.15) is 24.5 Å². The Bertz CT molecular complexity index is 656. The van der Waals surface area contributed by atoms with Gasteiger partial charge in [-0.2, -0.15) is 0 Å². The van der Waals surface area contributed by atoms with Crippen LogP contribution in [0.25, 0.3) is 11.0 Å². The molecule has 5 nitrogen and oxygen atoms in total. The van der Waals surface area contributed by atoms with E-state index >= 15 is 0 Å². The topological polar surface area (TPSA) is 65.7 Å². The third kappa shape index (κ3) is 3.45. The molecule has 0 fully saturated rings. The molecule has 2 rings (SSSR count). The Morgan fingerprint density at radius 2 is 2.05 bits per heavy atom. The highest BCUT2D eigenvalue weighted by atomic mass is 16.6. The van der Waals surface area contributed by atoms with Crippen molar-refractivity contribution >= 4 is 16.9 Å². The largest absolute Gasteiger partial charge is 0.490 e. The summed E-state index contributed by atoms with van der Waals surface area (Å²) in [6.45, 7) is 3.62. The zero-order chi connectivity index (χ0) is 13.7. The van der Waals surface area contributed by atoms with Crippen LogP contribution in [0, 0.1) is 0 Å². The summed E-state index contributed by atoms with van der Waals surface area (Å²) in [5.41, 5.74) is 0.0395. The Morgan fingerprint density at radius 1 is 1.26 bits per heavy atom. The van der Waals surface area contributed by atoms with E-state index in [1.165, 1.54) is 6.07 Å². The molecule has 0 bridgehead atoms. The second kappa shape index (κ2) is 5.86. The van der Waals surface area contributed by atoms with Gasteiger partial charge in [0, 0.05) is 23.6 Å². The maximum Gasteiger partial charge on any atom is 0.336 e. The predicted octanol–water partition coefficient (Wildman–Crippen LogP) is 1.90. The first-order valence-corrected chi connectivity index (χ1v) is 5.65. The number of fused-ring (bicyclic) bond motifs is 1. The monoisotopic (exact) mass is 260 g/mol. The average molecular weight is 260 g/mol. The Morgan fingerprint density at radius 3 is 2.84 bits per heavy atom. The molecule has 0 aliphatic heterocycles. The van der Waals surface area contributed by atoms with Crippen molar-refractivity contribution in [3.63, 3.8) is 0 Å². The van der Waals surface area contributed by atoms with Crippen LogP contribution in [0.2, 0.25) is 0 Å². The summed E-state index contributed by atoms with van der Waals surface area (Å²) in [5.74, 6) is 0.0459. The van der Waals surface area contributed by atoms with E-state index in [-0.39, 0.29) is 13.2 Å². The first kappa shape index (κ1) is 12.9. The van der Waals surface area contributed by atoms with Crippen LogP contribution in [0.15, 0.2) is 52.2 Å². The van der Waals surface area contributed by atoms with E-state index in [1.54, 1.807) is 24.3 Å². The molecule has 19 heavy (non-hydrogen) atoms. The Labute approximate surface area is 109 Å². The van der Waals surface area contributed by atoms with Crippen LogP contribution in [0.4, 0.5) is 0 Å². The lowest BCUT2D eigenvalue weighted by molar-refractivity contribution is -0.138. The minimum atomic E-state index is -0.492.